The quantitative estimate of drug-likeness (QED) is 0.734. The molecule has 0 aliphatic heterocycles. The van der Waals surface area contributed by atoms with Gasteiger partial charge in [0.05, 0.1) is 18.1 Å². The minimum Gasteiger partial charge on any atom is -0.466 e. The molecule has 0 N–H and O–H groups in total. The second-order valence-electron chi connectivity index (χ2n) is 2.73. The van der Waals surface area contributed by atoms with Crippen LogP contribution < -0.4 is 0 Å². The highest BCUT2D eigenvalue weighted by Gasteiger charge is 2.11. The molecule has 0 atom stereocenters. The third kappa shape index (κ3) is 2.93. The lowest BCUT2D eigenvalue weighted by atomic mass is 10.1. The summed E-state index contributed by atoms with van der Waals surface area (Å²) in [5, 5.41) is 8.88. The monoisotopic (exact) mass is 224 g/mol. The summed E-state index contributed by atoms with van der Waals surface area (Å²) in [6.45, 7) is 2.05. The third-order valence-electron chi connectivity index (χ3n) is 1.72. The molecule has 1 heterocycles. The van der Waals surface area contributed by atoms with Gasteiger partial charge in [-0.05, 0) is 18.6 Å². The van der Waals surface area contributed by atoms with Gasteiger partial charge in [0.25, 0.3) is 0 Å². The summed E-state index contributed by atoms with van der Waals surface area (Å²) in [6, 6.07) is 3.44. The molecule has 1 aromatic rings. The standard InChI is InChI=1S/C10H9ClN2O2/c1-2-15-9(14)5-7-3-4-13-8(6-12)10(7)11/h3-4H,2,5H2,1H3. The Morgan fingerprint density at radius 3 is 3.07 bits per heavy atom. The van der Waals surface area contributed by atoms with Crippen molar-refractivity contribution in [2.24, 2.45) is 0 Å². The summed E-state index contributed by atoms with van der Waals surface area (Å²) in [7, 11) is 0. The van der Waals surface area contributed by atoms with Gasteiger partial charge in [-0.15, -0.1) is 0 Å². The summed E-state index contributed by atoms with van der Waals surface area (Å²) in [4.78, 5) is 14.9. The van der Waals surface area contributed by atoms with Crippen LogP contribution >= 0.6 is 11.6 Å². The van der Waals surface area contributed by atoms with Gasteiger partial charge in [0.15, 0.2) is 5.69 Å². The average molecular weight is 225 g/mol. The van der Waals surface area contributed by atoms with E-state index in [1.807, 2.05) is 6.07 Å². The number of rotatable bonds is 3. The van der Waals surface area contributed by atoms with Crippen molar-refractivity contribution in [3.05, 3.63) is 28.5 Å². The largest absolute Gasteiger partial charge is 0.466 e. The van der Waals surface area contributed by atoms with E-state index in [0.717, 1.165) is 0 Å². The minimum absolute atomic E-state index is 0.0594. The van der Waals surface area contributed by atoms with Crippen molar-refractivity contribution in [3.63, 3.8) is 0 Å². The van der Waals surface area contributed by atoms with E-state index in [0.29, 0.717) is 12.2 Å². The first-order chi connectivity index (χ1) is 7.19. The van der Waals surface area contributed by atoms with Gasteiger partial charge in [-0.3, -0.25) is 4.79 Å². The van der Waals surface area contributed by atoms with Crippen LogP contribution in [-0.2, 0) is 16.0 Å². The Labute approximate surface area is 92.4 Å². The van der Waals surface area contributed by atoms with Gasteiger partial charge in [-0.1, -0.05) is 11.6 Å². The van der Waals surface area contributed by atoms with Crippen molar-refractivity contribution in [2.75, 3.05) is 6.61 Å². The maximum Gasteiger partial charge on any atom is 0.310 e. The molecule has 78 valence electrons. The number of nitriles is 1. The highest BCUT2D eigenvalue weighted by molar-refractivity contribution is 6.32. The first kappa shape index (κ1) is 11.5. The zero-order valence-electron chi connectivity index (χ0n) is 8.16. The molecule has 1 rings (SSSR count). The van der Waals surface area contributed by atoms with Crippen LogP contribution in [0.5, 0.6) is 0 Å². The van der Waals surface area contributed by atoms with Crippen molar-refractivity contribution in [2.45, 2.75) is 13.3 Å². The SMILES string of the molecule is CCOC(=O)Cc1ccnc(C#N)c1Cl. The molecule has 0 unspecified atom stereocenters. The van der Waals surface area contributed by atoms with E-state index in [1.165, 1.54) is 6.20 Å². The third-order valence-corrected chi connectivity index (χ3v) is 2.14. The molecule has 5 heteroatoms. The smallest absolute Gasteiger partial charge is 0.310 e. The Hall–Kier alpha value is -1.60. The van der Waals surface area contributed by atoms with Crippen LogP contribution in [0.2, 0.25) is 5.02 Å². The van der Waals surface area contributed by atoms with E-state index < -0.39 is 0 Å². The van der Waals surface area contributed by atoms with Crippen LogP contribution in [0.15, 0.2) is 12.3 Å². The number of hydrogen-bond acceptors (Lipinski definition) is 4. The normalized spacial score (nSPS) is 9.40. The second kappa shape index (κ2) is 5.32. The maximum atomic E-state index is 11.2. The molecule has 0 saturated carbocycles. The number of aromatic nitrogens is 1. The molecule has 0 aliphatic carbocycles. The molecular weight excluding hydrogens is 216 g/mol. The molecule has 0 spiro atoms. The lowest BCUT2D eigenvalue weighted by molar-refractivity contribution is -0.142. The highest BCUT2D eigenvalue weighted by atomic mass is 35.5. The molecule has 1 aromatic heterocycles. The molecule has 0 bridgehead atoms. The number of halogens is 1. The Balaban J connectivity index is 2.87. The fourth-order valence-corrected chi connectivity index (χ4v) is 1.29. The molecule has 4 nitrogen and oxygen atoms in total. The van der Waals surface area contributed by atoms with E-state index >= 15 is 0 Å². The van der Waals surface area contributed by atoms with E-state index in [-0.39, 0.29) is 23.1 Å². The van der Waals surface area contributed by atoms with Gasteiger partial charge in [0.2, 0.25) is 0 Å². The van der Waals surface area contributed by atoms with E-state index in [9.17, 15) is 4.79 Å². The number of pyridine rings is 1. The van der Waals surface area contributed by atoms with E-state index in [1.54, 1.807) is 13.0 Å². The van der Waals surface area contributed by atoms with Gasteiger partial charge >= 0.3 is 5.97 Å². The average Bonchev–Trinajstić information content (AvgIpc) is 2.21. The molecule has 15 heavy (non-hydrogen) atoms. The van der Waals surface area contributed by atoms with Crippen LogP contribution in [-0.4, -0.2) is 17.6 Å². The van der Waals surface area contributed by atoms with Crippen LogP contribution in [0, 0.1) is 11.3 Å². The van der Waals surface area contributed by atoms with Crippen LogP contribution in [0.4, 0.5) is 0 Å². The predicted molar refractivity (Wildman–Crippen MR) is 54.3 cm³/mol. The minimum atomic E-state index is -0.366. The van der Waals surface area contributed by atoms with Gasteiger partial charge in [-0.25, -0.2) is 4.98 Å². The molecule has 0 fully saturated rings. The topological polar surface area (TPSA) is 63.0 Å². The maximum absolute atomic E-state index is 11.2. The number of esters is 1. The van der Waals surface area contributed by atoms with Crippen LogP contribution in [0.1, 0.15) is 18.2 Å². The summed E-state index contributed by atoms with van der Waals surface area (Å²) >= 11 is 5.86. The summed E-state index contributed by atoms with van der Waals surface area (Å²) in [5.74, 6) is -0.366. The van der Waals surface area contributed by atoms with Gasteiger partial charge in [0.1, 0.15) is 6.07 Å². The van der Waals surface area contributed by atoms with Crippen LogP contribution in [0.25, 0.3) is 0 Å². The van der Waals surface area contributed by atoms with E-state index in [4.69, 9.17) is 21.6 Å². The number of carbonyl (C=O) groups is 1. The van der Waals surface area contributed by atoms with Crippen molar-refractivity contribution >= 4 is 17.6 Å². The van der Waals surface area contributed by atoms with Gasteiger partial charge in [-0.2, -0.15) is 5.26 Å². The lowest BCUT2D eigenvalue weighted by Crippen LogP contribution is -2.08. The molecule has 0 radical (unpaired) electrons. The van der Waals surface area contributed by atoms with Gasteiger partial charge < -0.3 is 4.74 Å². The van der Waals surface area contributed by atoms with E-state index in [2.05, 4.69) is 4.98 Å². The zero-order valence-corrected chi connectivity index (χ0v) is 8.91. The predicted octanol–water partition coefficient (Wildman–Crippen LogP) is 1.71. The Morgan fingerprint density at radius 2 is 2.47 bits per heavy atom. The Bertz CT molecular complexity index is 412. The molecule has 0 saturated heterocycles. The fourth-order valence-electron chi connectivity index (χ4n) is 1.07. The number of nitrogens with zero attached hydrogens (tertiary/aromatic N) is 2. The lowest BCUT2D eigenvalue weighted by Gasteiger charge is -2.04. The first-order valence-electron chi connectivity index (χ1n) is 4.38. The summed E-state index contributed by atoms with van der Waals surface area (Å²) < 4.78 is 4.77. The van der Waals surface area contributed by atoms with Crippen molar-refractivity contribution in [1.29, 1.82) is 5.26 Å². The number of hydrogen-bond donors (Lipinski definition) is 0. The summed E-state index contributed by atoms with van der Waals surface area (Å²) in [6.07, 6.45) is 1.50. The Kier molecular flexibility index (Phi) is 4.07. The first-order valence-corrected chi connectivity index (χ1v) is 4.76. The second-order valence-corrected chi connectivity index (χ2v) is 3.10. The Morgan fingerprint density at radius 1 is 1.73 bits per heavy atom. The van der Waals surface area contributed by atoms with Crippen LogP contribution in [0.3, 0.4) is 0 Å². The highest BCUT2D eigenvalue weighted by Crippen LogP contribution is 2.19. The molecule has 0 aromatic carbocycles. The number of ether oxygens (including phenoxy) is 1. The fraction of sp³-hybridized carbons (Fsp3) is 0.300. The van der Waals surface area contributed by atoms with Crippen molar-refractivity contribution in [1.82, 2.24) is 4.98 Å². The molecular formula is C10H9ClN2O2. The zero-order chi connectivity index (χ0) is 11.3. The van der Waals surface area contributed by atoms with Crippen molar-refractivity contribution < 1.29 is 9.53 Å². The molecule has 0 aliphatic rings. The summed E-state index contributed by atoms with van der Waals surface area (Å²) in [5.41, 5.74) is 0.681. The van der Waals surface area contributed by atoms with Gasteiger partial charge in [0, 0.05) is 6.20 Å². The van der Waals surface area contributed by atoms with Crippen molar-refractivity contribution in [3.8, 4) is 6.07 Å². The molecule has 0 amide bonds. The number of carbonyl (C=O) groups excluding carboxylic acids is 1.